The number of nitrogens with two attached hydrogens (primary N) is 1. The van der Waals surface area contributed by atoms with Gasteiger partial charge in [-0.15, -0.1) is 0 Å². The van der Waals surface area contributed by atoms with Crippen LogP contribution in [0.2, 0.25) is 5.02 Å². The molecule has 3 N–H and O–H groups in total. The number of halogens is 1. The molecule has 1 atom stereocenters. The third-order valence-corrected chi connectivity index (χ3v) is 2.76. The fraction of sp³-hybridized carbons (Fsp3) is 0.417. The Balaban J connectivity index is 3.05. The molecule has 6 heteroatoms. The SMILES string of the molecule is COc1cc(Cl)cc(C(N)CCC(=O)O)c1OC. The summed E-state index contributed by atoms with van der Waals surface area (Å²) in [7, 11) is 3.00. The van der Waals surface area contributed by atoms with Crippen LogP contribution in [0, 0.1) is 0 Å². The number of carbonyl (C=O) groups is 1. The molecule has 0 amide bonds. The Labute approximate surface area is 110 Å². The summed E-state index contributed by atoms with van der Waals surface area (Å²) in [4.78, 5) is 10.5. The second kappa shape index (κ2) is 6.47. The Hall–Kier alpha value is -1.46. The van der Waals surface area contributed by atoms with E-state index in [4.69, 9.17) is 31.9 Å². The van der Waals surface area contributed by atoms with Crippen molar-refractivity contribution in [2.24, 2.45) is 5.73 Å². The summed E-state index contributed by atoms with van der Waals surface area (Å²) in [5, 5.41) is 9.12. The van der Waals surface area contributed by atoms with Gasteiger partial charge in [0, 0.05) is 29.1 Å². The summed E-state index contributed by atoms with van der Waals surface area (Å²) in [6, 6.07) is 2.81. The Morgan fingerprint density at radius 2 is 2.11 bits per heavy atom. The molecule has 0 fully saturated rings. The standard InChI is InChI=1S/C12H16ClNO4/c1-17-10-6-7(13)5-8(12(10)18-2)9(14)3-4-11(15)16/h5-6,9H,3-4,14H2,1-2H3,(H,15,16). The Bertz CT molecular complexity index is 436. The van der Waals surface area contributed by atoms with Gasteiger partial charge < -0.3 is 20.3 Å². The molecule has 0 aliphatic carbocycles. The van der Waals surface area contributed by atoms with Gasteiger partial charge in [0.2, 0.25) is 0 Å². The van der Waals surface area contributed by atoms with E-state index in [1.807, 2.05) is 0 Å². The summed E-state index contributed by atoms with van der Waals surface area (Å²) in [6.45, 7) is 0. The summed E-state index contributed by atoms with van der Waals surface area (Å²) >= 11 is 5.96. The molecule has 0 heterocycles. The first-order chi connectivity index (χ1) is 8.49. The van der Waals surface area contributed by atoms with Crippen molar-refractivity contribution in [2.75, 3.05) is 14.2 Å². The van der Waals surface area contributed by atoms with Crippen LogP contribution in [0.15, 0.2) is 12.1 Å². The summed E-state index contributed by atoms with van der Waals surface area (Å²) in [5.41, 5.74) is 6.60. The van der Waals surface area contributed by atoms with Crippen LogP contribution in [0.5, 0.6) is 11.5 Å². The highest BCUT2D eigenvalue weighted by molar-refractivity contribution is 6.30. The average Bonchev–Trinajstić information content (AvgIpc) is 2.34. The fourth-order valence-corrected chi connectivity index (χ4v) is 1.89. The lowest BCUT2D eigenvalue weighted by Crippen LogP contribution is -2.14. The first-order valence-corrected chi connectivity index (χ1v) is 5.76. The van der Waals surface area contributed by atoms with Gasteiger partial charge in [-0.05, 0) is 12.5 Å². The maximum absolute atomic E-state index is 10.5. The summed E-state index contributed by atoms with van der Waals surface area (Å²) < 4.78 is 10.4. The van der Waals surface area contributed by atoms with Crippen molar-refractivity contribution in [2.45, 2.75) is 18.9 Å². The van der Waals surface area contributed by atoms with Crippen LogP contribution >= 0.6 is 11.6 Å². The highest BCUT2D eigenvalue weighted by Crippen LogP contribution is 2.38. The zero-order chi connectivity index (χ0) is 13.7. The first-order valence-electron chi connectivity index (χ1n) is 5.38. The van der Waals surface area contributed by atoms with E-state index < -0.39 is 12.0 Å². The molecular weight excluding hydrogens is 258 g/mol. The molecule has 1 rings (SSSR count). The minimum absolute atomic E-state index is 0.0147. The van der Waals surface area contributed by atoms with Gasteiger partial charge in [-0.3, -0.25) is 4.79 Å². The average molecular weight is 274 g/mol. The molecule has 0 saturated carbocycles. The topological polar surface area (TPSA) is 81.8 Å². The number of carboxylic acid groups (broad SMARTS) is 1. The maximum Gasteiger partial charge on any atom is 0.303 e. The van der Waals surface area contributed by atoms with Gasteiger partial charge in [0.15, 0.2) is 11.5 Å². The number of methoxy groups -OCH3 is 2. The molecule has 0 saturated heterocycles. The highest BCUT2D eigenvalue weighted by Gasteiger charge is 2.18. The minimum atomic E-state index is -0.890. The van der Waals surface area contributed by atoms with Gasteiger partial charge in [-0.2, -0.15) is 0 Å². The van der Waals surface area contributed by atoms with Crippen LogP contribution in [0.4, 0.5) is 0 Å². The monoisotopic (exact) mass is 273 g/mol. The van der Waals surface area contributed by atoms with Crippen molar-refractivity contribution >= 4 is 17.6 Å². The lowest BCUT2D eigenvalue weighted by molar-refractivity contribution is -0.137. The number of aliphatic carboxylic acids is 1. The number of ether oxygens (including phenoxy) is 2. The van der Waals surface area contributed by atoms with E-state index in [1.165, 1.54) is 14.2 Å². The predicted octanol–water partition coefficient (Wildman–Crippen LogP) is 2.22. The van der Waals surface area contributed by atoms with E-state index in [-0.39, 0.29) is 6.42 Å². The lowest BCUT2D eigenvalue weighted by atomic mass is 10.0. The van der Waals surface area contributed by atoms with Crippen molar-refractivity contribution in [1.82, 2.24) is 0 Å². The normalized spacial score (nSPS) is 12.0. The van der Waals surface area contributed by atoms with E-state index in [9.17, 15) is 4.79 Å². The van der Waals surface area contributed by atoms with E-state index in [2.05, 4.69) is 0 Å². The molecule has 0 aliphatic rings. The van der Waals surface area contributed by atoms with Gasteiger partial charge in [-0.25, -0.2) is 0 Å². The third-order valence-electron chi connectivity index (χ3n) is 2.54. The van der Waals surface area contributed by atoms with E-state index in [0.717, 1.165) is 0 Å². The van der Waals surface area contributed by atoms with Gasteiger partial charge in [0.1, 0.15) is 0 Å². The molecule has 0 spiro atoms. The number of carboxylic acids is 1. The van der Waals surface area contributed by atoms with E-state index >= 15 is 0 Å². The van der Waals surface area contributed by atoms with Crippen LogP contribution in [0.3, 0.4) is 0 Å². The smallest absolute Gasteiger partial charge is 0.303 e. The van der Waals surface area contributed by atoms with Gasteiger partial charge in [-0.1, -0.05) is 11.6 Å². The van der Waals surface area contributed by atoms with Crippen molar-refractivity contribution in [3.8, 4) is 11.5 Å². The van der Waals surface area contributed by atoms with Gasteiger partial charge in [0.05, 0.1) is 14.2 Å². The second-order valence-corrected chi connectivity index (χ2v) is 4.21. The molecular formula is C12H16ClNO4. The van der Waals surface area contributed by atoms with Crippen molar-refractivity contribution in [3.05, 3.63) is 22.7 Å². The molecule has 1 aromatic carbocycles. The molecule has 100 valence electrons. The highest BCUT2D eigenvalue weighted by atomic mass is 35.5. The third kappa shape index (κ3) is 3.51. The van der Waals surface area contributed by atoms with Crippen molar-refractivity contribution < 1.29 is 19.4 Å². The molecule has 0 aliphatic heterocycles. The zero-order valence-corrected chi connectivity index (χ0v) is 11.0. The van der Waals surface area contributed by atoms with Crippen molar-refractivity contribution in [3.63, 3.8) is 0 Å². The second-order valence-electron chi connectivity index (χ2n) is 3.77. The predicted molar refractivity (Wildman–Crippen MR) is 68.4 cm³/mol. The largest absolute Gasteiger partial charge is 0.493 e. The lowest BCUT2D eigenvalue weighted by Gasteiger charge is -2.18. The molecule has 1 unspecified atom stereocenters. The summed E-state index contributed by atoms with van der Waals surface area (Å²) in [5.74, 6) is 0.0731. The van der Waals surface area contributed by atoms with Crippen LogP contribution in [0.1, 0.15) is 24.4 Å². The van der Waals surface area contributed by atoms with Crippen LogP contribution < -0.4 is 15.2 Å². The Kier molecular flexibility index (Phi) is 5.25. The molecule has 0 radical (unpaired) electrons. The number of hydrogen-bond donors (Lipinski definition) is 2. The molecule has 0 bridgehead atoms. The van der Waals surface area contributed by atoms with Crippen LogP contribution in [0.25, 0.3) is 0 Å². The van der Waals surface area contributed by atoms with E-state index in [1.54, 1.807) is 12.1 Å². The fourth-order valence-electron chi connectivity index (χ4n) is 1.67. The van der Waals surface area contributed by atoms with Gasteiger partial charge in [0.25, 0.3) is 0 Å². The van der Waals surface area contributed by atoms with E-state index in [0.29, 0.717) is 28.5 Å². The number of rotatable bonds is 6. The van der Waals surface area contributed by atoms with Crippen LogP contribution in [-0.2, 0) is 4.79 Å². The minimum Gasteiger partial charge on any atom is -0.493 e. The quantitative estimate of drug-likeness (QED) is 0.830. The Morgan fingerprint density at radius 3 is 2.61 bits per heavy atom. The Morgan fingerprint density at radius 1 is 1.44 bits per heavy atom. The van der Waals surface area contributed by atoms with Gasteiger partial charge >= 0.3 is 5.97 Å². The molecule has 0 aromatic heterocycles. The summed E-state index contributed by atoms with van der Waals surface area (Å²) in [6.07, 6.45) is 0.286. The van der Waals surface area contributed by atoms with Crippen molar-refractivity contribution in [1.29, 1.82) is 0 Å². The maximum atomic E-state index is 10.5. The van der Waals surface area contributed by atoms with Crippen LogP contribution in [-0.4, -0.2) is 25.3 Å². The number of benzene rings is 1. The first kappa shape index (κ1) is 14.6. The molecule has 18 heavy (non-hydrogen) atoms. The number of hydrogen-bond acceptors (Lipinski definition) is 4. The molecule has 5 nitrogen and oxygen atoms in total. The zero-order valence-electron chi connectivity index (χ0n) is 10.3. The molecule has 1 aromatic rings.